The van der Waals surface area contributed by atoms with Crippen LogP contribution in [0.15, 0.2) is 79.4 Å². The molecule has 1 fully saturated rings. The van der Waals surface area contributed by atoms with Gasteiger partial charge in [-0.3, -0.25) is 9.48 Å². The number of H-pyrrole nitrogens is 1. The molecular weight excluding hydrogens is 464 g/mol. The zero-order valence-corrected chi connectivity index (χ0v) is 20.6. The van der Waals surface area contributed by atoms with Gasteiger partial charge in [-0.2, -0.15) is 5.10 Å². The Morgan fingerprint density at radius 1 is 1.00 bits per heavy atom. The predicted molar refractivity (Wildman–Crippen MR) is 144 cm³/mol. The Hall–Kier alpha value is -4.43. The second-order valence-electron chi connectivity index (χ2n) is 9.19. The lowest BCUT2D eigenvalue weighted by Gasteiger charge is -2.28. The van der Waals surface area contributed by atoms with Crippen molar-refractivity contribution in [3.05, 3.63) is 90.5 Å². The minimum atomic E-state index is -0.00101. The average Bonchev–Trinajstić information content (AvgIpc) is 3.59. The highest BCUT2D eigenvalue weighted by molar-refractivity contribution is 5.99. The molecule has 0 atom stereocenters. The molecule has 1 aliphatic heterocycles. The van der Waals surface area contributed by atoms with Crippen molar-refractivity contribution in [1.82, 2.24) is 30.0 Å². The summed E-state index contributed by atoms with van der Waals surface area (Å²) in [5.74, 6) is 0.566. The van der Waals surface area contributed by atoms with Crippen LogP contribution in [-0.4, -0.2) is 63.8 Å². The number of ether oxygens (including phenoxy) is 1. The van der Waals surface area contributed by atoms with E-state index in [1.807, 2.05) is 64.6 Å². The molecule has 1 aliphatic rings. The minimum Gasteiger partial charge on any atom is -0.496 e. The smallest absolute Gasteiger partial charge is 0.257 e. The van der Waals surface area contributed by atoms with Gasteiger partial charge in [0.2, 0.25) is 0 Å². The topological polar surface area (TPSA) is 88.1 Å². The van der Waals surface area contributed by atoms with E-state index in [0.717, 1.165) is 46.4 Å². The van der Waals surface area contributed by atoms with Crippen molar-refractivity contribution >= 4 is 16.9 Å². The number of pyridine rings is 1. The molecule has 37 heavy (non-hydrogen) atoms. The maximum atomic E-state index is 13.1. The lowest BCUT2D eigenvalue weighted by molar-refractivity contribution is 0.0732. The number of methoxy groups -OCH3 is 1. The lowest BCUT2D eigenvalue weighted by Crippen LogP contribution is -2.46. The highest BCUT2D eigenvalue weighted by Gasteiger charge is 2.22. The monoisotopic (exact) mass is 492 g/mol. The summed E-state index contributed by atoms with van der Waals surface area (Å²) in [5, 5.41) is 8.86. The minimum absolute atomic E-state index is 0.00101. The molecular formula is C29H28N6O2. The van der Waals surface area contributed by atoms with E-state index >= 15 is 0 Å². The number of carbonyl (C=O) groups is 1. The number of carbonyl (C=O) groups excluding carboxylic acids is 1. The van der Waals surface area contributed by atoms with Crippen LogP contribution in [0.1, 0.15) is 15.9 Å². The van der Waals surface area contributed by atoms with Gasteiger partial charge in [0.05, 0.1) is 25.4 Å². The van der Waals surface area contributed by atoms with E-state index in [4.69, 9.17) is 4.74 Å². The first-order chi connectivity index (χ1) is 18.2. The highest BCUT2D eigenvalue weighted by Crippen LogP contribution is 2.33. The van der Waals surface area contributed by atoms with Crippen molar-refractivity contribution in [1.29, 1.82) is 0 Å². The van der Waals surface area contributed by atoms with Crippen molar-refractivity contribution in [3.8, 4) is 28.0 Å². The van der Waals surface area contributed by atoms with Gasteiger partial charge in [-0.1, -0.05) is 36.4 Å². The molecule has 0 bridgehead atoms. The molecule has 186 valence electrons. The number of amides is 1. The fourth-order valence-electron chi connectivity index (χ4n) is 4.85. The molecule has 0 saturated carbocycles. The Morgan fingerprint density at radius 3 is 2.65 bits per heavy atom. The van der Waals surface area contributed by atoms with E-state index in [1.54, 1.807) is 7.11 Å². The molecule has 6 rings (SSSR count). The molecule has 1 amide bonds. The molecule has 2 N–H and O–H groups in total. The Bertz CT molecular complexity index is 1550. The van der Waals surface area contributed by atoms with Crippen LogP contribution in [0.5, 0.6) is 5.75 Å². The molecule has 0 spiro atoms. The average molecular weight is 493 g/mol. The van der Waals surface area contributed by atoms with Crippen molar-refractivity contribution in [2.75, 3.05) is 33.3 Å². The molecule has 0 radical (unpaired) electrons. The summed E-state index contributed by atoms with van der Waals surface area (Å²) in [6.07, 6.45) is 7.76. The second kappa shape index (κ2) is 9.91. The number of fused-ring (bicyclic) bond motifs is 1. The molecule has 2 aromatic carbocycles. The van der Waals surface area contributed by atoms with E-state index in [2.05, 4.69) is 44.8 Å². The van der Waals surface area contributed by atoms with Gasteiger partial charge in [0.25, 0.3) is 5.91 Å². The largest absolute Gasteiger partial charge is 0.496 e. The summed E-state index contributed by atoms with van der Waals surface area (Å²) in [4.78, 5) is 22.9. The number of benzene rings is 2. The molecule has 4 heterocycles. The molecule has 1 saturated heterocycles. The number of hydrogen-bond acceptors (Lipinski definition) is 5. The van der Waals surface area contributed by atoms with Crippen LogP contribution in [0.2, 0.25) is 0 Å². The summed E-state index contributed by atoms with van der Waals surface area (Å²) in [6, 6.07) is 18.1. The van der Waals surface area contributed by atoms with Crippen molar-refractivity contribution in [3.63, 3.8) is 0 Å². The van der Waals surface area contributed by atoms with E-state index in [-0.39, 0.29) is 5.91 Å². The molecule has 8 nitrogen and oxygen atoms in total. The van der Waals surface area contributed by atoms with Crippen LogP contribution in [0.25, 0.3) is 33.3 Å². The number of nitrogens with one attached hydrogen (secondary N) is 2. The lowest BCUT2D eigenvalue weighted by atomic mass is 10.0. The predicted octanol–water partition coefficient (Wildman–Crippen LogP) is 4.20. The molecule has 0 unspecified atom stereocenters. The van der Waals surface area contributed by atoms with E-state index in [0.29, 0.717) is 30.9 Å². The van der Waals surface area contributed by atoms with Crippen molar-refractivity contribution in [2.24, 2.45) is 0 Å². The number of nitrogens with zero attached hydrogens (tertiary/aromatic N) is 4. The van der Waals surface area contributed by atoms with Crippen LogP contribution in [0.3, 0.4) is 0 Å². The standard InChI is InChI=1S/C29H28N6O2/c1-37-27-14-21(7-8-24(27)29(36)34-11-9-30-10-12-34)22-13-25-26(17-32-28(25)31-15-22)23-16-33-35(19-23)18-20-5-3-2-4-6-20/h2-8,13-17,19,30H,9-12,18H2,1H3,(H,31,32). The Balaban J connectivity index is 1.30. The third kappa shape index (κ3) is 4.59. The number of hydrogen-bond donors (Lipinski definition) is 2. The molecule has 8 heteroatoms. The first-order valence-electron chi connectivity index (χ1n) is 12.4. The van der Waals surface area contributed by atoms with Gasteiger partial charge in [-0.25, -0.2) is 4.98 Å². The second-order valence-corrected chi connectivity index (χ2v) is 9.19. The highest BCUT2D eigenvalue weighted by atomic mass is 16.5. The summed E-state index contributed by atoms with van der Waals surface area (Å²) < 4.78 is 7.58. The number of rotatable bonds is 6. The quantitative estimate of drug-likeness (QED) is 0.371. The summed E-state index contributed by atoms with van der Waals surface area (Å²) in [7, 11) is 1.60. The third-order valence-electron chi connectivity index (χ3n) is 6.83. The fraction of sp³-hybridized carbons (Fsp3) is 0.207. The van der Waals surface area contributed by atoms with Gasteiger partial charge in [-0.05, 0) is 29.3 Å². The van der Waals surface area contributed by atoms with E-state index in [1.165, 1.54) is 5.56 Å². The van der Waals surface area contributed by atoms with E-state index < -0.39 is 0 Å². The Kier molecular flexibility index (Phi) is 6.16. The Labute approximate surface area is 214 Å². The zero-order valence-electron chi connectivity index (χ0n) is 20.6. The maximum absolute atomic E-state index is 13.1. The number of piperazine rings is 1. The van der Waals surface area contributed by atoms with Gasteiger partial charge < -0.3 is 19.9 Å². The van der Waals surface area contributed by atoms with E-state index in [9.17, 15) is 4.79 Å². The van der Waals surface area contributed by atoms with Gasteiger partial charge in [0.15, 0.2) is 0 Å². The summed E-state index contributed by atoms with van der Waals surface area (Å²) in [5.41, 5.74) is 6.55. The first kappa shape index (κ1) is 23.0. The summed E-state index contributed by atoms with van der Waals surface area (Å²) in [6.45, 7) is 3.72. The van der Waals surface area contributed by atoms with Crippen molar-refractivity contribution < 1.29 is 9.53 Å². The Morgan fingerprint density at radius 2 is 1.84 bits per heavy atom. The molecule has 0 aliphatic carbocycles. The fourth-order valence-corrected chi connectivity index (χ4v) is 4.85. The number of aromatic amines is 1. The van der Waals surface area contributed by atoms with Gasteiger partial charge >= 0.3 is 0 Å². The maximum Gasteiger partial charge on any atom is 0.257 e. The number of aromatic nitrogens is 4. The zero-order chi connectivity index (χ0) is 25.2. The summed E-state index contributed by atoms with van der Waals surface area (Å²) >= 11 is 0. The normalized spacial score (nSPS) is 13.7. The third-order valence-corrected chi connectivity index (χ3v) is 6.83. The van der Waals surface area contributed by atoms with Crippen LogP contribution >= 0.6 is 0 Å². The van der Waals surface area contributed by atoms with Crippen LogP contribution < -0.4 is 10.1 Å². The molecule has 5 aromatic rings. The van der Waals surface area contributed by atoms with Gasteiger partial charge in [0.1, 0.15) is 11.4 Å². The van der Waals surface area contributed by atoms with Gasteiger partial charge in [-0.15, -0.1) is 0 Å². The SMILES string of the molecule is COc1cc(-c2cnc3[nH]cc(-c4cnn(Cc5ccccc5)c4)c3c2)ccc1C(=O)N1CCNCC1. The van der Waals surface area contributed by atoms with Gasteiger partial charge in [0, 0.05) is 66.8 Å². The first-order valence-corrected chi connectivity index (χ1v) is 12.4. The van der Waals surface area contributed by atoms with Crippen molar-refractivity contribution in [2.45, 2.75) is 6.54 Å². The molecule has 3 aromatic heterocycles. The van der Waals surface area contributed by atoms with Crippen LogP contribution in [0.4, 0.5) is 0 Å². The van der Waals surface area contributed by atoms with Crippen LogP contribution in [-0.2, 0) is 6.54 Å². The van der Waals surface area contributed by atoms with Crippen LogP contribution in [0, 0.1) is 0 Å².